The Hall–Kier alpha value is -0.610. The van der Waals surface area contributed by atoms with E-state index < -0.39 is 0 Å². The highest BCUT2D eigenvalue weighted by Gasteiger charge is 2.17. The fourth-order valence-corrected chi connectivity index (χ4v) is 2.64. The Morgan fingerprint density at radius 1 is 1.57 bits per heavy atom. The van der Waals surface area contributed by atoms with Crippen LogP contribution in [0.2, 0.25) is 0 Å². The molecule has 0 unspecified atom stereocenters. The van der Waals surface area contributed by atoms with E-state index in [0.29, 0.717) is 12.4 Å². The molecule has 4 heteroatoms. The fourth-order valence-electron chi connectivity index (χ4n) is 1.27. The van der Waals surface area contributed by atoms with E-state index >= 15 is 0 Å². The van der Waals surface area contributed by atoms with Crippen molar-refractivity contribution in [1.82, 2.24) is 0 Å². The molecular weight excluding hydrogens is 264 g/mol. The minimum atomic E-state index is 0.000370. The van der Waals surface area contributed by atoms with Gasteiger partial charge in [0.1, 0.15) is 0 Å². The Kier molecular flexibility index (Phi) is 3.03. The summed E-state index contributed by atoms with van der Waals surface area (Å²) in [7, 11) is 0. The minimum absolute atomic E-state index is 0.000370. The number of hydrogen-bond donors (Lipinski definition) is 0. The molecule has 1 aliphatic heterocycles. The lowest BCUT2D eigenvalue weighted by atomic mass is 10.2. The molecule has 0 saturated heterocycles. The topological polar surface area (TPSA) is 26.3 Å². The van der Waals surface area contributed by atoms with Gasteiger partial charge in [0.05, 0.1) is 11.5 Å². The molecule has 1 aromatic heterocycles. The van der Waals surface area contributed by atoms with Crippen LogP contribution in [0.4, 0.5) is 0 Å². The van der Waals surface area contributed by atoms with Gasteiger partial charge in [-0.05, 0) is 40.9 Å². The van der Waals surface area contributed by atoms with E-state index in [4.69, 9.17) is 4.74 Å². The summed E-state index contributed by atoms with van der Waals surface area (Å²) in [6.45, 7) is 0.657. The maximum Gasteiger partial charge on any atom is 0.237 e. The van der Waals surface area contributed by atoms with Crippen LogP contribution < -0.4 is 0 Å². The van der Waals surface area contributed by atoms with Crippen molar-refractivity contribution in [3.05, 3.63) is 32.6 Å². The van der Waals surface area contributed by atoms with Crippen LogP contribution in [0.5, 0.6) is 0 Å². The van der Waals surface area contributed by atoms with Gasteiger partial charge in [-0.25, -0.2) is 0 Å². The summed E-state index contributed by atoms with van der Waals surface area (Å²) in [6, 6.07) is 1.83. The van der Waals surface area contributed by atoms with Crippen LogP contribution >= 0.6 is 27.3 Å². The quantitative estimate of drug-likeness (QED) is 0.772. The molecule has 0 aromatic carbocycles. The molecule has 0 radical (unpaired) electrons. The first kappa shape index (κ1) is 9.93. The number of ether oxygens (including phenoxy) is 1. The van der Waals surface area contributed by atoms with Crippen LogP contribution in [0, 0.1) is 0 Å². The molecule has 0 bridgehead atoms. The number of thiophene rings is 1. The second kappa shape index (κ2) is 4.28. The molecule has 2 rings (SSSR count). The Bertz CT molecular complexity index is 381. The van der Waals surface area contributed by atoms with Gasteiger partial charge in [0.15, 0.2) is 5.76 Å². The standard InChI is InChI=1S/C10H9BrO2S/c11-7-5-9(14-6-7)10(12)8-3-1-2-4-13-8/h3,5-6H,1-2,4H2. The van der Waals surface area contributed by atoms with E-state index in [0.717, 1.165) is 22.2 Å². The predicted molar refractivity (Wildman–Crippen MR) is 59.6 cm³/mol. The fraction of sp³-hybridized carbons (Fsp3) is 0.300. The van der Waals surface area contributed by atoms with Crippen molar-refractivity contribution in [2.75, 3.05) is 6.61 Å². The molecule has 1 aliphatic rings. The Morgan fingerprint density at radius 3 is 3.00 bits per heavy atom. The lowest BCUT2D eigenvalue weighted by Crippen LogP contribution is -2.10. The first-order chi connectivity index (χ1) is 6.77. The van der Waals surface area contributed by atoms with Crippen LogP contribution in [-0.4, -0.2) is 12.4 Å². The third-order valence-electron chi connectivity index (χ3n) is 1.95. The maximum atomic E-state index is 11.8. The molecule has 0 aliphatic carbocycles. The zero-order valence-electron chi connectivity index (χ0n) is 7.46. The molecule has 0 N–H and O–H groups in total. The highest BCUT2D eigenvalue weighted by molar-refractivity contribution is 9.10. The zero-order valence-corrected chi connectivity index (χ0v) is 9.86. The second-order valence-electron chi connectivity index (χ2n) is 3.02. The molecule has 2 heterocycles. The Morgan fingerprint density at radius 2 is 2.43 bits per heavy atom. The average molecular weight is 273 g/mol. The van der Waals surface area contributed by atoms with Gasteiger partial charge in [0.25, 0.3) is 0 Å². The van der Waals surface area contributed by atoms with E-state index in [1.54, 1.807) is 0 Å². The summed E-state index contributed by atoms with van der Waals surface area (Å²) < 4.78 is 6.25. The van der Waals surface area contributed by atoms with E-state index in [9.17, 15) is 4.79 Å². The summed E-state index contributed by atoms with van der Waals surface area (Å²) in [5.41, 5.74) is 0. The number of carbonyl (C=O) groups excluding carboxylic acids is 1. The summed E-state index contributed by atoms with van der Waals surface area (Å²) in [6.07, 6.45) is 3.82. The summed E-state index contributed by atoms with van der Waals surface area (Å²) in [5, 5.41) is 1.90. The molecule has 0 amide bonds. The Balaban J connectivity index is 2.19. The highest BCUT2D eigenvalue weighted by Crippen LogP contribution is 2.24. The van der Waals surface area contributed by atoms with Crippen LogP contribution in [0.25, 0.3) is 0 Å². The van der Waals surface area contributed by atoms with Crippen LogP contribution in [0.1, 0.15) is 22.5 Å². The van der Waals surface area contributed by atoms with Crippen molar-refractivity contribution in [2.45, 2.75) is 12.8 Å². The number of allylic oxidation sites excluding steroid dienone is 2. The van der Waals surface area contributed by atoms with Crippen LogP contribution in [0.3, 0.4) is 0 Å². The van der Waals surface area contributed by atoms with Crippen molar-refractivity contribution in [3.63, 3.8) is 0 Å². The molecule has 0 atom stereocenters. The first-order valence-electron chi connectivity index (χ1n) is 4.39. The van der Waals surface area contributed by atoms with Crippen molar-refractivity contribution >= 4 is 33.0 Å². The molecule has 1 aromatic rings. The highest BCUT2D eigenvalue weighted by atomic mass is 79.9. The van der Waals surface area contributed by atoms with Crippen molar-refractivity contribution < 1.29 is 9.53 Å². The smallest absolute Gasteiger partial charge is 0.237 e. The van der Waals surface area contributed by atoms with Crippen molar-refractivity contribution in [3.8, 4) is 0 Å². The van der Waals surface area contributed by atoms with E-state index in [-0.39, 0.29) is 5.78 Å². The number of carbonyl (C=O) groups is 1. The van der Waals surface area contributed by atoms with Gasteiger partial charge in [-0.15, -0.1) is 11.3 Å². The monoisotopic (exact) mass is 272 g/mol. The van der Waals surface area contributed by atoms with E-state index in [2.05, 4.69) is 15.9 Å². The summed E-state index contributed by atoms with van der Waals surface area (Å²) >= 11 is 4.76. The third kappa shape index (κ3) is 2.07. The summed E-state index contributed by atoms with van der Waals surface area (Å²) in [5.74, 6) is 0.506. The van der Waals surface area contributed by atoms with Gasteiger partial charge in [-0.2, -0.15) is 0 Å². The average Bonchev–Trinajstić information content (AvgIpc) is 2.65. The van der Waals surface area contributed by atoms with E-state index in [1.807, 2.05) is 17.5 Å². The molecular formula is C10H9BrO2S. The van der Waals surface area contributed by atoms with Crippen molar-refractivity contribution in [2.24, 2.45) is 0 Å². The Labute approximate surface area is 94.7 Å². The first-order valence-corrected chi connectivity index (χ1v) is 6.06. The van der Waals surface area contributed by atoms with Gasteiger partial charge in [-0.3, -0.25) is 4.79 Å². The van der Waals surface area contributed by atoms with Gasteiger partial charge in [0.2, 0.25) is 5.78 Å². The normalized spacial score (nSPS) is 15.9. The SMILES string of the molecule is O=C(C1=CCCCO1)c1cc(Br)cs1. The number of rotatable bonds is 2. The zero-order chi connectivity index (χ0) is 9.97. The van der Waals surface area contributed by atoms with Crippen molar-refractivity contribution in [1.29, 1.82) is 0 Å². The third-order valence-corrected chi connectivity index (χ3v) is 3.64. The molecule has 14 heavy (non-hydrogen) atoms. The lowest BCUT2D eigenvalue weighted by Gasteiger charge is -2.12. The molecule has 0 fully saturated rings. The van der Waals surface area contributed by atoms with Crippen LogP contribution in [0.15, 0.2) is 27.8 Å². The van der Waals surface area contributed by atoms with Gasteiger partial charge < -0.3 is 4.74 Å². The number of ketones is 1. The maximum absolute atomic E-state index is 11.8. The largest absolute Gasteiger partial charge is 0.490 e. The molecule has 74 valence electrons. The number of hydrogen-bond acceptors (Lipinski definition) is 3. The van der Waals surface area contributed by atoms with Gasteiger partial charge in [0, 0.05) is 9.85 Å². The minimum Gasteiger partial charge on any atom is -0.490 e. The van der Waals surface area contributed by atoms with Gasteiger partial charge in [-0.1, -0.05) is 0 Å². The summed E-state index contributed by atoms with van der Waals surface area (Å²) in [4.78, 5) is 12.5. The van der Waals surface area contributed by atoms with Gasteiger partial charge >= 0.3 is 0 Å². The molecule has 0 saturated carbocycles. The lowest BCUT2D eigenvalue weighted by molar-refractivity contribution is 0.0903. The number of halogens is 1. The molecule has 0 spiro atoms. The van der Waals surface area contributed by atoms with Crippen LogP contribution in [-0.2, 0) is 4.74 Å². The number of Topliss-reactive ketones (excluding diaryl/α,β-unsaturated/α-hetero) is 1. The van der Waals surface area contributed by atoms with E-state index in [1.165, 1.54) is 11.3 Å². The second-order valence-corrected chi connectivity index (χ2v) is 4.84. The molecule has 2 nitrogen and oxygen atoms in total. The predicted octanol–water partition coefficient (Wildman–Crippen LogP) is 3.39.